The second-order valence-electron chi connectivity index (χ2n) is 3.45. The van der Waals surface area contributed by atoms with Gasteiger partial charge in [0.05, 0.1) is 12.2 Å². The number of anilines is 1. The molecule has 0 aliphatic carbocycles. The van der Waals surface area contributed by atoms with Crippen molar-refractivity contribution in [3.8, 4) is 0 Å². The quantitative estimate of drug-likeness (QED) is 0.591. The summed E-state index contributed by atoms with van der Waals surface area (Å²) in [6.07, 6.45) is 1.60. The molecule has 0 radical (unpaired) electrons. The van der Waals surface area contributed by atoms with Crippen LogP contribution in [0.1, 0.15) is 17.3 Å². The zero-order valence-corrected chi connectivity index (χ0v) is 8.90. The highest BCUT2D eigenvalue weighted by molar-refractivity contribution is 6.12. The minimum absolute atomic E-state index is 0.222. The van der Waals surface area contributed by atoms with Crippen LogP contribution in [-0.2, 0) is 9.53 Å². The Hall–Kier alpha value is -1.91. The number of hydrogen-bond acceptors (Lipinski definition) is 5. The number of ether oxygens (including phenoxy) is 1. The minimum atomic E-state index is -0.753. The third-order valence-corrected chi connectivity index (χ3v) is 2.43. The summed E-state index contributed by atoms with van der Waals surface area (Å²) in [6, 6.07) is 3.33. The molecule has 1 aromatic heterocycles. The number of aromatic nitrogens is 1. The average Bonchev–Trinajstić information content (AvgIpc) is 2.30. The molecule has 16 heavy (non-hydrogen) atoms. The maximum atomic E-state index is 12.0. The van der Waals surface area contributed by atoms with E-state index in [9.17, 15) is 9.59 Å². The first-order valence-electron chi connectivity index (χ1n) is 5.13. The van der Waals surface area contributed by atoms with Gasteiger partial charge in [-0.3, -0.25) is 9.59 Å². The normalized spacial score (nSPS) is 18.6. The fourth-order valence-electron chi connectivity index (χ4n) is 1.66. The molecule has 1 aromatic rings. The lowest BCUT2D eigenvalue weighted by molar-refractivity contribution is -0.145. The maximum Gasteiger partial charge on any atom is 0.318 e. The summed E-state index contributed by atoms with van der Waals surface area (Å²) in [5.41, 5.74) is 0.451. The van der Waals surface area contributed by atoms with Crippen molar-refractivity contribution in [1.29, 1.82) is 0 Å². The van der Waals surface area contributed by atoms with Crippen LogP contribution in [0.2, 0.25) is 0 Å². The minimum Gasteiger partial charge on any atom is -0.465 e. The predicted molar refractivity (Wildman–Crippen MR) is 57.2 cm³/mol. The molecule has 0 saturated carbocycles. The third kappa shape index (κ3) is 1.76. The van der Waals surface area contributed by atoms with Crippen LogP contribution in [0.4, 0.5) is 5.82 Å². The van der Waals surface area contributed by atoms with Crippen LogP contribution in [0.15, 0.2) is 18.3 Å². The van der Waals surface area contributed by atoms with Crippen molar-refractivity contribution in [2.75, 3.05) is 18.5 Å². The van der Waals surface area contributed by atoms with Gasteiger partial charge in [-0.15, -0.1) is 0 Å². The molecule has 1 unspecified atom stereocenters. The van der Waals surface area contributed by atoms with Crippen molar-refractivity contribution >= 4 is 17.6 Å². The molecule has 1 aliphatic heterocycles. The molecule has 0 saturated heterocycles. The molecule has 0 amide bonds. The van der Waals surface area contributed by atoms with Gasteiger partial charge >= 0.3 is 5.97 Å². The molecule has 1 N–H and O–H groups in total. The molecule has 0 fully saturated rings. The number of fused-ring (bicyclic) bond motifs is 1. The van der Waals surface area contributed by atoms with E-state index in [1.807, 2.05) is 0 Å². The van der Waals surface area contributed by atoms with Crippen molar-refractivity contribution < 1.29 is 14.3 Å². The van der Waals surface area contributed by atoms with Gasteiger partial charge in [-0.1, -0.05) is 0 Å². The first-order valence-corrected chi connectivity index (χ1v) is 5.13. The van der Waals surface area contributed by atoms with E-state index in [2.05, 4.69) is 10.3 Å². The molecule has 1 atom stereocenters. The number of Topliss-reactive ketones (excluding diaryl/α,β-unsaturated/α-hetero) is 1. The fourth-order valence-corrected chi connectivity index (χ4v) is 1.66. The number of pyridine rings is 1. The summed E-state index contributed by atoms with van der Waals surface area (Å²) >= 11 is 0. The number of rotatable bonds is 2. The highest BCUT2D eigenvalue weighted by Gasteiger charge is 2.34. The molecular formula is C11H12N2O3. The van der Waals surface area contributed by atoms with Gasteiger partial charge in [-0.2, -0.15) is 0 Å². The lowest BCUT2D eigenvalue weighted by Gasteiger charge is -2.22. The van der Waals surface area contributed by atoms with Crippen molar-refractivity contribution in [1.82, 2.24) is 4.98 Å². The van der Waals surface area contributed by atoms with E-state index < -0.39 is 11.9 Å². The Morgan fingerprint density at radius 2 is 2.50 bits per heavy atom. The van der Waals surface area contributed by atoms with Crippen molar-refractivity contribution in [2.45, 2.75) is 6.92 Å². The van der Waals surface area contributed by atoms with Crippen LogP contribution in [-0.4, -0.2) is 29.9 Å². The largest absolute Gasteiger partial charge is 0.465 e. The van der Waals surface area contributed by atoms with Gasteiger partial charge in [0.15, 0.2) is 5.78 Å². The number of nitrogens with one attached hydrogen (secondary N) is 1. The van der Waals surface area contributed by atoms with E-state index in [-0.39, 0.29) is 18.9 Å². The van der Waals surface area contributed by atoms with E-state index >= 15 is 0 Å². The number of carbonyl (C=O) groups is 2. The third-order valence-electron chi connectivity index (χ3n) is 2.43. The number of nitrogens with zero attached hydrogens (tertiary/aromatic N) is 1. The van der Waals surface area contributed by atoms with Crippen molar-refractivity contribution in [2.24, 2.45) is 5.92 Å². The first kappa shape index (κ1) is 10.6. The summed E-state index contributed by atoms with van der Waals surface area (Å²) in [7, 11) is 0. The van der Waals surface area contributed by atoms with Gasteiger partial charge < -0.3 is 10.1 Å². The second kappa shape index (κ2) is 4.30. The zero-order chi connectivity index (χ0) is 11.5. The van der Waals surface area contributed by atoms with E-state index in [4.69, 9.17) is 4.74 Å². The van der Waals surface area contributed by atoms with E-state index in [1.54, 1.807) is 25.3 Å². The smallest absolute Gasteiger partial charge is 0.318 e. The van der Waals surface area contributed by atoms with Crippen LogP contribution in [0, 0.1) is 5.92 Å². The highest BCUT2D eigenvalue weighted by Crippen LogP contribution is 2.22. The van der Waals surface area contributed by atoms with Gasteiger partial charge in [0.1, 0.15) is 11.7 Å². The Labute approximate surface area is 92.8 Å². The molecular weight excluding hydrogens is 208 g/mol. The van der Waals surface area contributed by atoms with Crippen molar-refractivity contribution in [3.05, 3.63) is 23.9 Å². The SMILES string of the molecule is CCOC(=O)C1CNc2ncccc2C1=O. The molecule has 1 aliphatic rings. The lowest BCUT2D eigenvalue weighted by atomic mass is 9.94. The van der Waals surface area contributed by atoms with Gasteiger partial charge in [0, 0.05) is 12.7 Å². The maximum absolute atomic E-state index is 12.0. The summed E-state index contributed by atoms with van der Waals surface area (Å²) in [6.45, 7) is 2.25. The van der Waals surface area contributed by atoms with Crippen molar-refractivity contribution in [3.63, 3.8) is 0 Å². The Kier molecular flexibility index (Phi) is 2.85. The monoisotopic (exact) mass is 220 g/mol. The Morgan fingerprint density at radius 1 is 1.69 bits per heavy atom. The zero-order valence-electron chi connectivity index (χ0n) is 8.90. The molecule has 5 nitrogen and oxygen atoms in total. The van der Waals surface area contributed by atoms with Gasteiger partial charge in [0.25, 0.3) is 0 Å². The number of esters is 1. The molecule has 0 bridgehead atoms. The van der Waals surface area contributed by atoms with Crippen LogP contribution in [0.25, 0.3) is 0 Å². The van der Waals surface area contributed by atoms with E-state index in [0.29, 0.717) is 11.4 Å². The molecule has 0 aromatic carbocycles. The van der Waals surface area contributed by atoms with Crippen LogP contribution < -0.4 is 5.32 Å². The van der Waals surface area contributed by atoms with E-state index in [0.717, 1.165) is 0 Å². The summed E-state index contributed by atoms with van der Waals surface area (Å²) in [5.74, 6) is -0.917. The number of ketones is 1. The Balaban J connectivity index is 2.24. The number of carbonyl (C=O) groups excluding carboxylic acids is 2. The standard InChI is InChI=1S/C11H12N2O3/c1-2-16-11(15)8-6-13-10-7(9(8)14)4-3-5-12-10/h3-5,8H,2,6H2,1H3,(H,12,13). The molecule has 84 valence electrons. The second-order valence-corrected chi connectivity index (χ2v) is 3.45. The van der Waals surface area contributed by atoms with Crippen LogP contribution in [0.5, 0.6) is 0 Å². The molecule has 0 spiro atoms. The average molecular weight is 220 g/mol. The van der Waals surface area contributed by atoms with Gasteiger partial charge in [0.2, 0.25) is 0 Å². The number of hydrogen-bond donors (Lipinski definition) is 1. The van der Waals surface area contributed by atoms with Crippen LogP contribution >= 0.6 is 0 Å². The highest BCUT2D eigenvalue weighted by atomic mass is 16.5. The lowest BCUT2D eigenvalue weighted by Crippen LogP contribution is -2.36. The van der Waals surface area contributed by atoms with Gasteiger partial charge in [-0.25, -0.2) is 4.98 Å². The van der Waals surface area contributed by atoms with E-state index in [1.165, 1.54) is 0 Å². The molecule has 5 heteroatoms. The Bertz CT molecular complexity index is 431. The summed E-state index contributed by atoms with van der Waals surface area (Å²) < 4.78 is 4.85. The fraction of sp³-hybridized carbons (Fsp3) is 0.364. The first-order chi connectivity index (χ1) is 7.74. The molecule has 2 rings (SSSR count). The Morgan fingerprint density at radius 3 is 3.25 bits per heavy atom. The summed E-state index contributed by atoms with van der Waals surface area (Å²) in [4.78, 5) is 27.5. The molecule has 2 heterocycles. The summed E-state index contributed by atoms with van der Waals surface area (Å²) in [5, 5.41) is 2.95. The van der Waals surface area contributed by atoms with Gasteiger partial charge in [-0.05, 0) is 19.1 Å². The predicted octanol–water partition coefficient (Wildman–Crippen LogP) is 0.869. The topological polar surface area (TPSA) is 68.3 Å². The van der Waals surface area contributed by atoms with Crippen LogP contribution in [0.3, 0.4) is 0 Å².